The zero-order chi connectivity index (χ0) is 11.5. The minimum atomic E-state index is -0.0712. The van der Waals surface area contributed by atoms with Crippen molar-refractivity contribution in [2.75, 3.05) is 11.9 Å². The van der Waals surface area contributed by atoms with Crippen molar-refractivity contribution in [1.82, 2.24) is 10.3 Å². The minimum absolute atomic E-state index is 0.0145. The third-order valence-electron chi connectivity index (χ3n) is 2.83. The maximum absolute atomic E-state index is 11.8. The van der Waals surface area contributed by atoms with Gasteiger partial charge in [0.2, 0.25) is 5.91 Å². The number of rotatable bonds is 2. The number of pyridine rings is 1. The van der Waals surface area contributed by atoms with Crippen LogP contribution in [0.1, 0.15) is 18.9 Å². The Balaban J connectivity index is 1.94. The largest absolute Gasteiger partial charge is 0.309 e. The smallest absolute Gasteiger partial charge is 0.242 e. The van der Waals surface area contributed by atoms with Gasteiger partial charge < -0.3 is 10.6 Å². The average Bonchev–Trinajstić information content (AvgIpc) is 2.68. The van der Waals surface area contributed by atoms with Crippen LogP contribution in [0.5, 0.6) is 0 Å². The van der Waals surface area contributed by atoms with Crippen molar-refractivity contribution in [3.63, 3.8) is 0 Å². The predicted molar refractivity (Wildman–Crippen MR) is 63.2 cm³/mol. The first-order valence-electron chi connectivity index (χ1n) is 5.62. The molecule has 0 aliphatic carbocycles. The van der Waals surface area contributed by atoms with E-state index in [0.717, 1.165) is 18.5 Å². The number of anilines is 1. The summed E-state index contributed by atoms with van der Waals surface area (Å²) in [6, 6.07) is 3.69. The van der Waals surface area contributed by atoms with Crippen molar-refractivity contribution in [3.8, 4) is 0 Å². The molecule has 1 aromatic heterocycles. The van der Waals surface area contributed by atoms with Crippen LogP contribution in [0.2, 0.25) is 0 Å². The van der Waals surface area contributed by atoms with Crippen molar-refractivity contribution in [3.05, 3.63) is 23.9 Å². The molecule has 2 heterocycles. The Kier molecular flexibility index (Phi) is 3.19. The highest BCUT2D eigenvalue weighted by Crippen LogP contribution is 2.14. The summed E-state index contributed by atoms with van der Waals surface area (Å²) in [5, 5.41) is 6.02. The Labute approximate surface area is 95.5 Å². The first-order chi connectivity index (χ1) is 7.65. The minimum Gasteiger partial charge on any atom is -0.309 e. The lowest BCUT2D eigenvalue weighted by Gasteiger charge is -2.10. The van der Waals surface area contributed by atoms with E-state index in [1.807, 2.05) is 19.1 Å². The Morgan fingerprint density at radius 3 is 2.94 bits per heavy atom. The molecule has 1 aromatic rings. The fourth-order valence-corrected chi connectivity index (χ4v) is 1.87. The van der Waals surface area contributed by atoms with Gasteiger partial charge in [0.25, 0.3) is 0 Å². The molecule has 2 atom stereocenters. The number of hydrogen-bond donors (Lipinski definition) is 2. The van der Waals surface area contributed by atoms with Gasteiger partial charge in [-0.1, -0.05) is 13.0 Å². The Bertz CT molecular complexity index is 374. The SMILES string of the molecule is Cc1ccc(NC(=O)[C@@H]2C[C@@H](C)CN2)nc1. The number of carbonyl (C=O) groups is 1. The van der Waals surface area contributed by atoms with E-state index < -0.39 is 0 Å². The van der Waals surface area contributed by atoms with Gasteiger partial charge in [-0.25, -0.2) is 4.98 Å². The van der Waals surface area contributed by atoms with Crippen LogP contribution < -0.4 is 10.6 Å². The molecule has 0 spiro atoms. The van der Waals surface area contributed by atoms with Gasteiger partial charge >= 0.3 is 0 Å². The normalized spacial score (nSPS) is 24.4. The molecule has 1 aliphatic rings. The molecule has 0 aromatic carbocycles. The van der Waals surface area contributed by atoms with Crippen LogP contribution in [0.25, 0.3) is 0 Å². The zero-order valence-corrected chi connectivity index (χ0v) is 9.66. The average molecular weight is 219 g/mol. The maximum Gasteiger partial charge on any atom is 0.242 e. The summed E-state index contributed by atoms with van der Waals surface area (Å²) in [6.45, 7) is 5.03. The number of hydrogen-bond acceptors (Lipinski definition) is 3. The first kappa shape index (κ1) is 11.1. The second-order valence-electron chi connectivity index (χ2n) is 4.51. The fraction of sp³-hybridized carbons (Fsp3) is 0.500. The Morgan fingerprint density at radius 1 is 1.56 bits per heavy atom. The molecule has 16 heavy (non-hydrogen) atoms. The number of aromatic nitrogens is 1. The van der Waals surface area contributed by atoms with Crippen molar-refractivity contribution in [1.29, 1.82) is 0 Å². The van der Waals surface area contributed by atoms with Gasteiger partial charge in [0.15, 0.2) is 0 Å². The molecule has 4 heteroatoms. The Morgan fingerprint density at radius 2 is 2.38 bits per heavy atom. The molecule has 1 saturated heterocycles. The number of amides is 1. The van der Waals surface area contributed by atoms with Gasteiger partial charge in [-0.15, -0.1) is 0 Å². The molecule has 0 unspecified atom stereocenters. The molecular formula is C12H17N3O. The topological polar surface area (TPSA) is 54.0 Å². The van der Waals surface area contributed by atoms with Crippen molar-refractivity contribution < 1.29 is 4.79 Å². The molecule has 1 fully saturated rings. The lowest BCUT2D eigenvalue weighted by Crippen LogP contribution is -2.35. The highest BCUT2D eigenvalue weighted by Gasteiger charge is 2.26. The monoisotopic (exact) mass is 219 g/mol. The van der Waals surface area contributed by atoms with Gasteiger partial charge in [0, 0.05) is 6.20 Å². The Hall–Kier alpha value is -1.42. The predicted octanol–water partition coefficient (Wildman–Crippen LogP) is 1.33. The summed E-state index contributed by atoms with van der Waals surface area (Å²) in [5.41, 5.74) is 1.09. The van der Waals surface area contributed by atoms with Gasteiger partial charge in [-0.05, 0) is 37.4 Å². The van der Waals surface area contributed by atoms with Gasteiger partial charge in [0.1, 0.15) is 5.82 Å². The van der Waals surface area contributed by atoms with Gasteiger partial charge in [0.05, 0.1) is 6.04 Å². The molecule has 2 rings (SSSR count). The number of aryl methyl sites for hydroxylation is 1. The molecule has 0 saturated carbocycles. The molecule has 2 N–H and O–H groups in total. The van der Waals surface area contributed by atoms with E-state index in [0.29, 0.717) is 11.7 Å². The van der Waals surface area contributed by atoms with Crippen LogP contribution in [0.3, 0.4) is 0 Å². The summed E-state index contributed by atoms with van der Waals surface area (Å²) in [5.74, 6) is 1.21. The quantitative estimate of drug-likeness (QED) is 0.789. The standard InChI is InChI=1S/C12H17N3O/c1-8-3-4-11(14-6-8)15-12(16)10-5-9(2)7-13-10/h3-4,6,9-10,13H,5,7H2,1-2H3,(H,14,15,16)/t9-,10+/m1/s1. The van der Waals surface area contributed by atoms with E-state index in [1.165, 1.54) is 0 Å². The summed E-state index contributed by atoms with van der Waals surface area (Å²) >= 11 is 0. The molecule has 0 bridgehead atoms. The molecule has 86 valence electrons. The van der Waals surface area contributed by atoms with E-state index in [9.17, 15) is 4.79 Å². The number of carbonyl (C=O) groups excluding carboxylic acids is 1. The summed E-state index contributed by atoms with van der Waals surface area (Å²) in [4.78, 5) is 16.0. The molecule has 4 nitrogen and oxygen atoms in total. The fourth-order valence-electron chi connectivity index (χ4n) is 1.87. The lowest BCUT2D eigenvalue weighted by atomic mass is 10.1. The van der Waals surface area contributed by atoms with E-state index in [1.54, 1.807) is 6.20 Å². The lowest BCUT2D eigenvalue weighted by molar-refractivity contribution is -0.117. The van der Waals surface area contributed by atoms with Gasteiger partial charge in [-0.2, -0.15) is 0 Å². The van der Waals surface area contributed by atoms with E-state index >= 15 is 0 Å². The summed E-state index contributed by atoms with van der Waals surface area (Å²) in [6.07, 6.45) is 2.65. The van der Waals surface area contributed by atoms with Crippen molar-refractivity contribution in [2.45, 2.75) is 26.3 Å². The third kappa shape index (κ3) is 2.58. The van der Waals surface area contributed by atoms with E-state index in [-0.39, 0.29) is 11.9 Å². The van der Waals surface area contributed by atoms with Crippen LogP contribution in [-0.4, -0.2) is 23.5 Å². The molecule has 1 aliphatic heterocycles. The third-order valence-corrected chi connectivity index (χ3v) is 2.83. The van der Waals surface area contributed by atoms with Gasteiger partial charge in [-0.3, -0.25) is 4.79 Å². The van der Waals surface area contributed by atoms with E-state index in [2.05, 4.69) is 22.5 Å². The number of nitrogens with one attached hydrogen (secondary N) is 2. The zero-order valence-electron chi connectivity index (χ0n) is 9.66. The molecular weight excluding hydrogens is 202 g/mol. The van der Waals surface area contributed by atoms with Crippen LogP contribution >= 0.6 is 0 Å². The van der Waals surface area contributed by atoms with Crippen molar-refractivity contribution in [2.24, 2.45) is 5.92 Å². The van der Waals surface area contributed by atoms with Crippen LogP contribution in [-0.2, 0) is 4.79 Å². The summed E-state index contributed by atoms with van der Waals surface area (Å²) < 4.78 is 0. The van der Waals surface area contributed by atoms with Crippen molar-refractivity contribution >= 4 is 11.7 Å². The number of nitrogens with zero attached hydrogens (tertiary/aromatic N) is 1. The molecule has 1 amide bonds. The van der Waals surface area contributed by atoms with Crippen LogP contribution in [0.15, 0.2) is 18.3 Å². The highest BCUT2D eigenvalue weighted by molar-refractivity contribution is 5.94. The van der Waals surface area contributed by atoms with Crippen LogP contribution in [0, 0.1) is 12.8 Å². The maximum atomic E-state index is 11.8. The second-order valence-corrected chi connectivity index (χ2v) is 4.51. The first-order valence-corrected chi connectivity index (χ1v) is 5.62. The van der Waals surface area contributed by atoms with Crippen LogP contribution in [0.4, 0.5) is 5.82 Å². The molecule has 0 radical (unpaired) electrons. The van der Waals surface area contributed by atoms with E-state index in [4.69, 9.17) is 0 Å². The summed E-state index contributed by atoms with van der Waals surface area (Å²) in [7, 11) is 0. The second kappa shape index (κ2) is 4.61. The highest BCUT2D eigenvalue weighted by atomic mass is 16.2.